The first-order valence-electron chi connectivity index (χ1n) is 8.05. The van der Waals surface area contributed by atoms with Gasteiger partial charge in [-0.25, -0.2) is 4.98 Å². The van der Waals surface area contributed by atoms with Crippen LogP contribution in [0.5, 0.6) is 0 Å². The molecule has 1 amide bonds. The van der Waals surface area contributed by atoms with Crippen LogP contribution in [0.4, 0.5) is 0 Å². The van der Waals surface area contributed by atoms with Crippen molar-refractivity contribution in [2.24, 2.45) is 0 Å². The molecule has 0 radical (unpaired) electrons. The standard InChI is InChI=1S/C16H23N5OS/c1-13(21-8-3-5-17-21)16(22)20-7-4-6-19(9-10-20)11-15-12-23-14(2)18-15/h3,5,8,12-13H,4,6-7,9-11H2,1-2H3/t13-/m1/s1. The molecule has 3 rings (SSSR count). The summed E-state index contributed by atoms with van der Waals surface area (Å²) in [6.07, 6.45) is 4.56. The Balaban J connectivity index is 1.56. The van der Waals surface area contributed by atoms with Gasteiger partial charge in [-0.05, 0) is 26.3 Å². The number of carbonyl (C=O) groups is 1. The summed E-state index contributed by atoms with van der Waals surface area (Å²) in [4.78, 5) is 21.5. The summed E-state index contributed by atoms with van der Waals surface area (Å²) in [7, 11) is 0. The molecular formula is C16H23N5OS. The summed E-state index contributed by atoms with van der Waals surface area (Å²) in [6, 6.07) is 1.61. The van der Waals surface area contributed by atoms with Gasteiger partial charge in [-0.3, -0.25) is 14.4 Å². The summed E-state index contributed by atoms with van der Waals surface area (Å²) in [6.45, 7) is 8.32. The summed E-state index contributed by atoms with van der Waals surface area (Å²) in [5, 5.41) is 7.42. The van der Waals surface area contributed by atoms with E-state index in [1.165, 1.54) is 0 Å². The minimum atomic E-state index is -0.238. The maximum atomic E-state index is 12.7. The number of thiazole rings is 1. The van der Waals surface area contributed by atoms with Crippen molar-refractivity contribution in [2.45, 2.75) is 32.9 Å². The molecule has 2 aromatic heterocycles. The van der Waals surface area contributed by atoms with Gasteiger partial charge in [-0.15, -0.1) is 11.3 Å². The minimum absolute atomic E-state index is 0.153. The van der Waals surface area contributed by atoms with E-state index in [9.17, 15) is 4.79 Å². The van der Waals surface area contributed by atoms with Crippen LogP contribution in [0.2, 0.25) is 0 Å². The van der Waals surface area contributed by atoms with E-state index in [4.69, 9.17) is 0 Å². The molecule has 1 aliphatic heterocycles. The van der Waals surface area contributed by atoms with Gasteiger partial charge in [0.15, 0.2) is 0 Å². The predicted octanol–water partition coefficient (Wildman–Crippen LogP) is 1.94. The second-order valence-corrected chi connectivity index (χ2v) is 7.04. The Kier molecular flexibility index (Phi) is 5.07. The molecule has 0 spiro atoms. The maximum absolute atomic E-state index is 12.7. The third kappa shape index (κ3) is 3.97. The van der Waals surface area contributed by atoms with Crippen molar-refractivity contribution in [2.75, 3.05) is 26.2 Å². The van der Waals surface area contributed by atoms with Gasteiger partial charge in [-0.2, -0.15) is 5.10 Å². The lowest BCUT2D eigenvalue weighted by Crippen LogP contribution is -2.39. The van der Waals surface area contributed by atoms with Gasteiger partial charge in [0.2, 0.25) is 5.91 Å². The van der Waals surface area contributed by atoms with E-state index >= 15 is 0 Å². The fourth-order valence-corrected chi connectivity index (χ4v) is 3.55. The van der Waals surface area contributed by atoms with Crippen LogP contribution in [-0.2, 0) is 11.3 Å². The highest BCUT2D eigenvalue weighted by Crippen LogP contribution is 2.15. The van der Waals surface area contributed by atoms with Gasteiger partial charge in [-0.1, -0.05) is 0 Å². The second kappa shape index (κ2) is 7.23. The largest absolute Gasteiger partial charge is 0.340 e. The number of hydrogen-bond acceptors (Lipinski definition) is 5. The summed E-state index contributed by atoms with van der Waals surface area (Å²) in [5.41, 5.74) is 1.14. The number of nitrogens with zero attached hydrogens (tertiary/aromatic N) is 5. The molecule has 1 saturated heterocycles. The number of carbonyl (C=O) groups excluding carboxylic acids is 1. The Morgan fingerprint density at radius 2 is 2.22 bits per heavy atom. The van der Waals surface area contributed by atoms with Crippen molar-refractivity contribution in [3.05, 3.63) is 34.5 Å². The van der Waals surface area contributed by atoms with Crippen LogP contribution in [0, 0.1) is 6.92 Å². The highest BCUT2D eigenvalue weighted by molar-refractivity contribution is 7.09. The highest BCUT2D eigenvalue weighted by atomic mass is 32.1. The van der Waals surface area contributed by atoms with E-state index in [1.807, 2.05) is 31.0 Å². The lowest BCUT2D eigenvalue weighted by Gasteiger charge is -2.24. The summed E-state index contributed by atoms with van der Waals surface area (Å²) < 4.78 is 1.73. The molecule has 0 unspecified atom stereocenters. The zero-order chi connectivity index (χ0) is 16.2. The molecule has 0 N–H and O–H groups in total. The van der Waals surface area contributed by atoms with E-state index in [2.05, 4.69) is 20.4 Å². The number of aryl methyl sites for hydroxylation is 1. The third-order valence-electron chi connectivity index (χ3n) is 4.23. The van der Waals surface area contributed by atoms with Crippen LogP contribution >= 0.6 is 11.3 Å². The summed E-state index contributed by atoms with van der Waals surface area (Å²) >= 11 is 1.69. The molecule has 1 atom stereocenters. The lowest BCUT2D eigenvalue weighted by molar-refractivity contribution is -0.134. The molecular weight excluding hydrogens is 310 g/mol. The van der Waals surface area contributed by atoms with Crippen molar-refractivity contribution < 1.29 is 4.79 Å². The zero-order valence-corrected chi connectivity index (χ0v) is 14.5. The van der Waals surface area contributed by atoms with Crippen LogP contribution in [0.3, 0.4) is 0 Å². The van der Waals surface area contributed by atoms with Crippen molar-refractivity contribution in [3.8, 4) is 0 Å². The number of amides is 1. The predicted molar refractivity (Wildman–Crippen MR) is 90.3 cm³/mol. The molecule has 3 heterocycles. The molecule has 2 aromatic rings. The topological polar surface area (TPSA) is 54.3 Å². The Morgan fingerprint density at radius 1 is 1.35 bits per heavy atom. The third-order valence-corrected chi connectivity index (χ3v) is 5.05. The van der Waals surface area contributed by atoms with Gasteiger partial charge in [0.05, 0.1) is 10.7 Å². The Hall–Kier alpha value is -1.73. The van der Waals surface area contributed by atoms with Crippen LogP contribution < -0.4 is 0 Å². The molecule has 7 heteroatoms. The number of aromatic nitrogens is 3. The lowest BCUT2D eigenvalue weighted by atomic mass is 10.2. The Morgan fingerprint density at radius 3 is 2.91 bits per heavy atom. The van der Waals surface area contributed by atoms with Crippen molar-refractivity contribution in [1.82, 2.24) is 24.6 Å². The van der Waals surface area contributed by atoms with E-state index in [1.54, 1.807) is 22.2 Å². The molecule has 1 fully saturated rings. The van der Waals surface area contributed by atoms with E-state index in [-0.39, 0.29) is 11.9 Å². The fourth-order valence-electron chi connectivity index (χ4n) is 2.95. The maximum Gasteiger partial charge on any atom is 0.247 e. The normalized spacial score (nSPS) is 17.9. The fraction of sp³-hybridized carbons (Fsp3) is 0.562. The van der Waals surface area contributed by atoms with Gasteiger partial charge in [0, 0.05) is 50.5 Å². The molecule has 23 heavy (non-hydrogen) atoms. The Labute approximate surface area is 140 Å². The molecule has 6 nitrogen and oxygen atoms in total. The van der Waals surface area contributed by atoms with Gasteiger partial charge < -0.3 is 4.90 Å². The average Bonchev–Trinajstić information content (AvgIpc) is 3.15. The van der Waals surface area contributed by atoms with Crippen molar-refractivity contribution in [3.63, 3.8) is 0 Å². The van der Waals surface area contributed by atoms with Gasteiger partial charge in [0.1, 0.15) is 6.04 Å². The number of rotatable bonds is 4. The quantitative estimate of drug-likeness (QED) is 0.858. The van der Waals surface area contributed by atoms with E-state index in [0.717, 1.165) is 49.8 Å². The van der Waals surface area contributed by atoms with Crippen molar-refractivity contribution in [1.29, 1.82) is 0 Å². The van der Waals surface area contributed by atoms with Crippen LogP contribution in [0.1, 0.15) is 30.1 Å². The SMILES string of the molecule is Cc1nc(CN2CCCN(C(=O)[C@@H](C)n3cccn3)CC2)cs1. The van der Waals surface area contributed by atoms with E-state index < -0.39 is 0 Å². The first kappa shape index (κ1) is 16.1. The molecule has 0 bridgehead atoms. The monoisotopic (exact) mass is 333 g/mol. The van der Waals surface area contributed by atoms with Gasteiger partial charge >= 0.3 is 0 Å². The molecule has 0 aliphatic carbocycles. The smallest absolute Gasteiger partial charge is 0.247 e. The summed E-state index contributed by atoms with van der Waals surface area (Å²) in [5.74, 6) is 0.153. The molecule has 124 valence electrons. The second-order valence-electron chi connectivity index (χ2n) is 5.97. The van der Waals surface area contributed by atoms with Crippen molar-refractivity contribution >= 4 is 17.2 Å². The average molecular weight is 333 g/mol. The Bertz CT molecular complexity index is 639. The van der Waals surface area contributed by atoms with Gasteiger partial charge in [0.25, 0.3) is 0 Å². The van der Waals surface area contributed by atoms with Crippen LogP contribution in [-0.4, -0.2) is 56.7 Å². The van der Waals surface area contributed by atoms with Crippen LogP contribution in [0.25, 0.3) is 0 Å². The molecule has 0 saturated carbocycles. The first-order valence-corrected chi connectivity index (χ1v) is 8.93. The molecule has 0 aromatic carbocycles. The first-order chi connectivity index (χ1) is 11.1. The minimum Gasteiger partial charge on any atom is -0.340 e. The molecule has 1 aliphatic rings. The van der Waals surface area contributed by atoms with E-state index in [0.29, 0.717) is 0 Å². The number of hydrogen-bond donors (Lipinski definition) is 0. The van der Waals surface area contributed by atoms with Crippen LogP contribution in [0.15, 0.2) is 23.8 Å². The zero-order valence-electron chi connectivity index (χ0n) is 13.7. The highest BCUT2D eigenvalue weighted by Gasteiger charge is 2.24.